The van der Waals surface area contributed by atoms with Crippen LogP contribution < -0.4 is 5.56 Å². The van der Waals surface area contributed by atoms with Crippen molar-refractivity contribution in [1.82, 2.24) is 4.98 Å². The van der Waals surface area contributed by atoms with Crippen molar-refractivity contribution in [3.63, 3.8) is 0 Å². The number of carbonyl (C=O) groups excluding carboxylic acids is 1. The molecule has 2 rings (SSSR count). The summed E-state index contributed by atoms with van der Waals surface area (Å²) in [5, 5.41) is 0.895. The van der Waals surface area contributed by atoms with E-state index in [1.807, 2.05) is 31.2 Å². The van der Waals surface area contributed by atoms with E-state index >= 15 is 0 Å². The molecule has 17 heavy (non-hydrogen) atoms. The van der Waals surface area contributed by atoms with Crippen LogP contribution in [-0.4, -0.2) is 10.8 Å². The van der Waals surface area contributed by atoms with Crippen molar-refractivity contribution in [2.24, 2.45) is 0 Å². The molecule has 0 spiro atoms. The van der Waals surface area contributed by atoms with E-state index in [0.717, 1.165) is 23.7 Å². The minimum atomic E-state index is -0.287. The van der Waals surface area contributed by atoms with Gasteiger partial charge in [-0.05, 0) is 23.9 Å². The van der Waals surface area contributed by atoms with Crippen LogP contribution in [0.15, 0.2) is 35.1 Å². The van der Waals surface area contributed by atoms with E-state index in [2.05, 4.69) is 4.98 Å². The van der Waals surface area contributed by atoms with Crippen LogP contribution in [0.3, 0.4) is 0 Å². The average Bonchev–Trinajstić information content (AvgIpc) is 2.35. The predicted octanol–water partition coefficient (Wildman–Crippen LogP) is 2.90. The van der Waals surface area contributed by atoms with Gasteiger partial charge in [0.25, 0.3) is 5.56 Å². The minimum absolute atomic E-state index is 0.0705. The van der Waals surface area contributed by atoms with E-state index in [0.29, 0.717) is 6.42 Å². The molecule has 0 amide bonds. The van der Waals surface area contributed by atoms with Crippen LogP contribution in [0, 0.1) is 0 Å². The third kappa shape index (κ3) is 2.44. The number of hydrogen-bond donors (Lipinski definition) is 1. The second-order valence-corrected chi connectivity index (χ2v) is 4.13. The summed E-state index contributed by atoms with van der Waals surface area (Å²) in [6, 6.07) is 9.16. The molecule has 0 unspecified atom stereocenters. The van der Waals surface area contributed by atoms with E-state index < -0.39 is 0 Å². The fourth-order valence-electron chi connectivity index (χ4n) is 1.83. The fourth-order valence-corrected chi connectivity index (χ4v) is 1.83. The fraction of sp³-hybridized carbons (Fsp3) is 0.286. The quantitative estimate of drug-likeness (QED) is 0.819. The van der Waals surface area contributed by atoms with Crippen molar-refractivity contribution in [3.8, 4) is 0 Å². The lowest BCUT2D eigenvalue weighted by Crippen LogP contribution is -2.17. The molecule has 3 heteroatoms. The van der Waals surface area contributed by atoms with Crippen molar-refractivity contribution < 1.29 is 4.79 Å². The van der Waals surface area contributed by atoms with Crippen LogP contribution in [0.2, 0.25) is 0 Å². The summed E-state index contributed by atoms with van der Waals surface area (Å²) in [6.07, 6.45) is 2.22. The highest BCUT2D eigenvalue weighted by Gasteiger charge is 2.10. The number of unbranched alkanes of at least 4 members (excludes halogenated alkanes) is 1. The van der Waals surface area contributed by atoms with Gasteiger partial charge in [0, 0.05) is 11.9 Å². The zero-order valence-electron chi connectivity index (χ0n) is 9.82. The zero-order chi connectivity index (χ0) is 12.3. The number of hydrogen-bond acceptors (Lipinski definition) is 2. The van der Waals surface area contributed by atoms with Gasteiger partial charge in [-0.2, -0.15) is 0 Å². The van der Waals surface area contributed by atoms with E-state index in [1.54, 1.807) is 6.07 Å². The lowest BCUT2D eigenvalue weighted by Gasteiger charge is -2.02. The van der Waals surface area contributed by atoms with E-state index in [1.165, 1.54) is 0 Å². The molecule has 0 aliphatic rings. The van der Waals surface area contributed by atoms with Crippen molar-refractivity contribution >= 4 is 16.7 Å². The predicted molar refractivity (Wildman–Crippen MR) is 68.4 cm³/mol. The van der Waals surface area contributed by atoms with Gasteiger partial charge in [-0.3, -0.25) is 9.59 Å². The first-order valence-corrected chi connectivity index (χ1v) is 5.87. The third-order valence-electron chi connectivity index (χ3n) is 2.81. The molecular weight excluding hydrogens is 214 g/mol. The highest BCUT2D eigenvalue weighted by atomic mass is 16.1. The molecule has 1 N–H and O–H groups in total. The highest BCUT2D eigenvalue weighted by molar-refractivity contribution is 5.98. The Kier molecular flexibility index (Phi) is 3.38. The molecule has 3 nitrogen and oxygen atoms in total. The molecule has 88 valence electrons. The number of nitrogens with one attached hydrogen (secondary N) is 1. The van der Waals surface area contributed by atoms with Gasteiger partial charge < -0.3 is 4.98 Å². The molecule has 0 atom stereocenters. The Balaban J connectivity index is 2.44. The second kappa shape index (κ2) is 4.95. The summed E-state index contributed by atoms with van der Waals surface area (Å²) in [5.41, 5.74) is 0.756. The topological polar surface area (TPSA) is 49.9 Å². The second-order valence-electron chi connectivity index (χ2n) is 4.13. The van der Waals surface area contributed by atoms with Gasteiger partial charge in [0.15, 0.2) is 5.78 Å². The molecule has 0 aliphatic carbocycles. The lowest BCUT2D eigenvalue weighted by molar-refractivity contribution is 0.0978. The van der Waals surface area contributed by atoms with Crippen molar-refractivity contribution in [3.05, 3.63) is 46.2 Å². The molecule has 0 saturated heterocycles. The van der Waals surface area contributed by atoms with Gasteiger partial charge in [-0.25, -0.2) is 0 Å². The zero-order valence-corrected chi connectivity index (χ0v) is 9.82. The van der Waals surface area contributed by atoms with Crippen LogP contribution >= 0.6 is 0 Å². The number of aromatic nitrogens is 1. The summed E-state index contributed by atoms with van der Waals surface area (Å²) < 4.78 is 0. The van der Waals surface area contributed by atoms with Crippen molar-refractivity contribution in [2.45, 2.75) is 26.2 Å². The number of carbonyl (C=O) groups is 1. The van der Waals surface area contributed by atoms with Crippen LogP contribution in [0.4, 0.5) is 0 Å². The number of fused-ring (bicyclic) bond motifs is 1. The monoisotopic (exact) mass is 229 g/mol. The molecule has 1 heterocycles. The maximum Gasteiger partial charge on any atom is 0.259 e. The van der Waals surface area contributed by atoms with Crippen molar-refractivity contribution in [1.29, 1.82) is 0 Å². The molecule has 0 radical (unpaired) electrons. The molecule has 2 aromatic rings. The van der Waals surface area contributed by atoms with E-state index in [-0.39, 0.29) is 16.9 Å². The SMILES string of the molecule is CCCCC(=O)c1cc2ccccc2[nH]c1=O. The van der Waals surface area contributed by atoms with Crippen LogP contribution in [0.25, 0.3) is 10.9 Å². The number of para-hydroxylation sites is 1. The van der Waals surface area contributed by atoms with Gasteiger partial charge in [0.1, 0.15) is 0 Å². The van der Waals surface area contributed by atoms with Gasteiger partial charge in [-0.15, -0.1) is 0 Å². The Hall–Kier alpha value is -1.90. The highest BCUT2D eigenvalue weighted by Crippen LogP contribution is 2.11. The lowest BCUT2D eigenvalue weighted by atomic mass is 10.1. The number of ketones is 1. The van der Waals surface area contributed by atoms with Gasteiger partial charge in [0.05, 0.1) is 5.56 Å². The number of Topliss-reactive ketones (excluding diaryl/α,β-unsaturated/α-hetero) is 1. The van der Waals surface area contributed by atoms with Gasteiger partial charge >= 0.3 is 0 Å². The maximum atomic E-state index is 11.8. The molecule has 1 aromatic heterocycles. The Morgan fingerprint density at radius 2 is 2.06 bits per heavy atom. The van der Waals surface area contributed by atoms with Gasteiger partial charge in [0.2, 0.25) is 0 Å². The number of benzene rings is 1. The standard InChI is InChI=1S/C14H15NO2/c1-2-3-8-13(16)11-9-10-6-4-5-7-12(10)15-14(11)17/h4-7,9H,2-3,8H2,1H3,(H,15,17). The average molecular weight is 229 g/mol. The summed E-state index contributed by atoms with van der Waals surface area (Å²) in [5.74, 6) is -0.0705. The molecule has 0 saturated carbocycles. The van der Waals surface area contributed by atoms with Crippen LogP contribution in [0.5, 0.6) is 0 Å². The maximum absolute atomic E-state index is 11.8. The molecule has 1 aromatic carbocycles. The Morgan fingerprint density at radius 3 is 2.82 bits per heavy atom. The largest absolute Gasteiger partial charge is 0.321 e. The summed E-state index contributed by atoms with van der Waals surface area (Å²) in [4.78, 5) is 26.3. The molecular formula is C14H15NO2. The van der Waals surface area contributed by atoms with Gasteiger partial charge in [-0.1, -0.05) is 31.5 Å². The third-order valence-corrected chi connectivity index (χ3v) is 2.81. The number of pyridine rings is 1. The Labute approximate surface area is 99.5 Å². The summed E-state index contributed by atoms with van der Waals surface area (Å²) >= 11 is 0. The van der Waals surface area contributed by atoms with Crippen LogP contribution in [0.1, 0.15) is 36.5 Å². The first-order chi connectivity index (χ1) is 8.22. The smallest absolute Gasteiger partial charge is 0.259 e. The first kappa shape index (κ1) is 11.6. The minimum Gasteiger partial charge on any atom is -0.321 e. The summed E-state index contributed by atoms with van der Waals surface area (Å²) in [6.45, 7) is 2.03. The molecule has 0 bridgehead atoms. The van der Waals surface area contributed by atoms with Crippen LogP contribution in [-0.2, 0) is 0 Å². The number of rotatable bonds is 4. The van der Waals surface area contributed by atoms with E-state index in [9.17, 15) is 9.59 Å². The molecule has 0 fully saturated rings. The number of H-pyrrole nitrogens is 1. The Bertz CT molecular complexity index is 598. The Morgan fingerprint density at radius 1 is 1.29 bits per heavy atom. The first-order valence-electron chi connectivity index (χ1n) is 5.87. The molecule has 0 aliphatic heterocycles. The normalized spacial score (nSPS) is 10.6. The van der Waals surface area contributed by atoms with Crippen molar-refractivity contribution in [2.75, 3.05) is 0 Å². The summed E-state index contributed by atoms with van der Waals surface area (Å²) in [7, 11) is 0. The van der Waals surface area contributed by atoms with E-state index in [4.69, 9.17) is 0 Å². The number of aromatic amines is 1.